The van der Waals surface area contributed by atoms with Gasteiger partial charge in [-0.15, -0.1) is 11.8 Å². The molecule has 0 aliphatic carbocycles. The first-order valence-electron chi connectivity index (χ1n) is 13.4. The molecule has 1 fully saturated rings. The van der Waals surface area contributed by atoms with Crippen LogP contribution in [-0.4, -0.2) is 51.3 Å². The quantitative estimate of drug-likeness (QED) is 0.151. The smallest absolute Gasteiger partial charge is 0.357 e. The zero-order valence-electron chi connectivity index (χ0n) is 22.5. The molecule has 4 aromatic rings. The molecule has 5 rings (SSSR count). The van der Waals surface area contributed by atoms with Crippen LogP contribution in [0.3, 0.4) is 0 Å². The highest BCUT2D eigenvalue weighted by atomic mass is 32.2. The molecule has 2 unspecified atom stereocenters. The maximum atomic E-state index is 14.8. The van der Waals surface area contributed by atoms with E-state index in [0.717, 1.165) is 37.5 Å². The Balaban J connectivity index is 1.51. The number of benzene rings is 4. The van der Waals surface area contributed by atoms with Crippen molar-refractivity contribution < 1.29 is 31.6 Å². The standard InChI is InChI=1S/C31H31F2NO5S2/c1-40-31-27(18-22(32)19-28(31)33)26-11-7-21-17-24(39-41(36)37)10-12-25(21)29(26)30(35)20-5-8-23(9-6-20)38-16-15-34-13-3-2-4-14-34/h5-12,17-19,30,35H,2-4,13-16H2,1H3,(H,36,37). The predicted molar refractivity (Wildman–Crippen MR) is 159 cm³/mol. The van der Waals surface area contributed by atoms with Gasteiger partial charge in [0.15, 0.2) is 0 Å². The molecule has 1 heterocycles. The number of ether oxygens (including phenoxy) is 1. The van der Waals surface area contributed by atoms with Gasteiger partial charge in [-0.1, -0.05) is 36.8 Å². The zero-order chi connectivity index (χ0) is 28.9. The van der Waals surface area contributed by atoms with Crippen molar-refractivity contribution >= 4 is 33.9 Å². The number of nitrogens with zero attached hydrogens (tertiary/aromatic N) is 1. The highest BCUT2D eigenvalue weighted by molar-refractivity contribution is 7.98. The van der Waals surface area contributed by atoms with Crippen molar-refractivity contribution in [3.8, 4) is 22.6 Å². The number of piperidine rings is 1. The molecule has 0 amide bonds. The number of aliphatic hydroxyl groups excluding tert-OH is 1. The number of fused-ring (bicyclic) bond motifs is 1. The first-order valence-corrected chi connectivity index (χ1v) is 15.6. The SMILES string of the molecule is CSc1c(F)cc(F)cc1-c1ccc2cc(OS(=O)O)ccc2c1C(O)c1ccc(OCCN2CCCCC2)cc1. The summed E-state index contributed by atoms with van der Waals surface area (Å²) in [7, 11) is 0. The van der Waals surface area contributed by atoms with Gasteiger partial charge in [-0.3, -0.25) is 9.45 Å². The molecule has 1 aliphatic rings. The van der Waals surface area contributed by atoms with E-state index in [9.17, 15) is 18.1 Å². The normalized spacial score (nSPS) is 15.5. The number of hydrogen-bond donors (Lipinski definition) is 2. The third kappa shape index (κ3) is 6.90. The van der Waals surface area contributed by atoms with Crippen molar-refractivity contribution in [2.24, 2.45) is 0 Å². The summed E-state index contributed by atoms with van der Waals surface area (Å²) in [6.07, 6.45) is 4.28. The number of thioether (sulfide) groups is 1. The fourth-order valence-electron chi connectivity index (χ4n) is 5.35. The Kier molecular flexibility index (Phi) is 9.57. The fourth-order valence-corrected chi connectivity index (χ4v) is 6.26. The van der Waals surface area contributed by atoms with Crippen molar-refractivity contribution in [1.82, 2.24) is 4.90 Å². The molecule has 0 saturated carbocycles. The lowest BCUT2D eigenvalue weighted by Crippen LogP contribution is -2.33. The first kappa shape index (κ1) is 29.5. The Morgan fingerprint density at radius 1 is 0.951 bits per heavy atom. The molecule has 1 aliphatic heterocycles. The average Bonchev–Trinajstić information content (AvgIpc) is 2.96. The topological polar surface area (TPSA) is 79.2 Å². The molecule has 0 bridgehead atoms. The van der Waals surface area contributed by atoms with Gasteiger partial charge < -0.3 is 14.0 Å². The number of likely N-dealkylation sites (tertiary alicyclic amines) is 1. The molecule has 0 spiro atoms. The van der Waals surface area contributed by atoms with E-state index in [1.807, 2.05) is 0 Å². The van der Waals surface area contributed by atoms with E-state index in [1.54, 1.807) is 54.8 Å². The molecule has 10 heteroatoms. The van der Waals surface area contributed by atoms with Crippen LogP contribution in [0.25, 0.3) is 21.9 Å². The Morgan fingerprint density at radius 3 is 2.39 bits per heavy atom. The minimum Gasteiger partial charge on any atom is -0.492 e. The summed E-state index contributed by atoms with van der Waals surface area (Å²) in [4.78, 5) is 2.66. The van der Waals surface area contributed by atoms with Crippen molar-refractivity contribution in [2.75, 3.05) is 32.5 Å². The Bertz CT molecular complexity index is 1540. The van der Waals surface area contributed by atoms with Gasteiger partial charge in [-0.25, -0.2) is 8.78 Å². The summed E-state index contributed by atoms with van der Waals surface area (Å²) in [6, 6.07) is 17.4. The van der Waals surface area contributed by atoms with Crippen molar-refractivity contribution in [3.05, 3.63) is 89.5 Å². The van der Waals surface area contributed by atoms with Crippen molar-refractivity contribution in [1.29, 1.82) is 0 Å². The monoisotopic (exact) mass is 599 g/mol. The molecule has 216 valence electrons. The van der Waals surface area contributed by atoms with E-state index in [-0.39, 0.29) is 10.6 Å². The summed E-state index contributed by atoms with van der Waals surface area (Å²) in [5.41, 5.74) is 1.80. The summed E-state index contributed by atoms with van der Waals surface area (Å²) in [5.74, 6) is -0.560. The van der Waals surface area contributed by atoms with Crippen LogP contribution < -0.4 is 8.92 Å². The van der Waals surface area contributed by atoms with E-state index >= 15 is 0 Å². The molecule has 6 nitrogen and oxygen atoms in total. The highest BCUT2D eigenvalue weighted by Crippen LogP contribution is 2.42. The van der Waals surface area contributed by atoms with Crippen LogP contribution in [0.15, 0.2) is 71.6 Å². The van der Waals surface area contributed by atoms with E-state index < -0.39 is 29.1 Å². The maximum Gasteiger partial charge on any atom is 0.357 e. The number of aliphatic hydroxyl groups is 1. The third-order valence-electron chi connectivity index (χ3n) is 7.30. The lowest BCUT2D eigenvalue weighted by atomic mass is 9.88. The van der Waals surface area contributed by atoms with Crippen LogP contribution in [0.5, 0.6) is 11.5 Å². The van der Waals surface area contributed by atoms with Crippen LogP contribution in [0, 0.1) is 11.6 Å². The minimum absolute atomic E-state index is 0.166. The lowest BCUT2D eigenvalue weighted by Gasteiger charge is -2.26. The molecular formula is C31H31F2NO5S2. The van der Waals surface area contributed by atoms with Crippen molar-refractivity contribution in [2.45, 2.75) is 30.3 Å². The van der Waals surface area contributed by atoms with Crippen LogP contribution in [-0.2, 0) is 11.4 Å². The van der Waals surface area contributed by atoms with Gasteiger partial charge in [0.05, 0.1) is 4.90 Å². The molecule has 1 saturated heterocycles. The molecule has 2 N–H and O–H groups in total. The van der Waals surface area contributed by atoms with E-state index in [0.29, 0.717) is 45.4 Å². The van der Waals surface area contributed by atoms with Crippen LogP contribution in [0.1, 0.15) is 36.5 Å². The van der Waals surface area contributed by atoms with E-state index in [2.05, 4.69) is 4.90 Å². The van der Waals surface area contributed by atoms with Crippen LogP contribution in [0.2, 0.25) is 0 Å². The Labute approximate surface area is 244 Å². The number of hydrogen-bond acceptors (Lipinski definition) is 6. The van der Waals surface area contributed by atoms with Gasteiger partial charge >= 0.3 is 11.4 Å². The number of rotatable bonds is 10. The summed E-state index contributed by atoms with van der Waals surface area (Å²) in [6.45, 7) is 3.63. The molecule has 41 heavy (non-hydrogen) atoms. The Morgan fingerprint density at radius 2 is 1.68 bits per heavy atom. The summed E-state index contributed by atoms with van der Waals surface area (Å²) >= 11 is -1.35. The van der Waals surface area contributed by atoms with E-state index in [1.165, 1.54) is 31.4 Å². The second kappa shape index (κ2) is 13.3. The van der Waals surface area contributed by atoms with Crippen LogP contribution in [0.4, 0.5) is 8.78 Å². The largest absolute Gasteiger partial charge is 0.492 e. The van der Waals surface area contributed by atoms with E-state index in [4.69, 9.17) is 13.5 Å². The maximum absolute atomic E-state index is 14.8. The minimum atomic E-state index is -2.50. The van der Waals surface area contributed by atoms with Gasteiger partial charge in [0, 0.05) is 23.7 Å². The van der Waals surface area contributed by atoms with Gasteiger partial charge in [0.1, 0.15) is 35.8 Å². The molecule has 2 atom stereocenters. The first-order chi connectivity index (χ1) is 19.8. The molecular weight excluding hydrogens is 568 g/mol. The van der Waals surface area contributed by atoms with Crippen molar-refractivity contribution in [3.63, 3.8) is 0 Å². The van der Waals surface area contributed by atoms with Gasteiger partial charge in [-0.05, 0) is 84.4 Å². The fraction of sp³-hybridized carbons (Fsp3) is 0.290. The zero-order valence-corrected chi connectivity index (χ0v) is 24.1. The molecule has 4 aromatic carbocycles. The third-order valence-corrected chi connectivity index (χ3v) is 8.46. The van der Waals surface area contributed by atoms with Crippen LogP contribution >= 0.6 is 11.8 Å². The Hall–Kier alpha value is -3.02. The van der Waals surface area contributed by atoms with Gasteiger partial charge in [0.2, 0.25) is 0 Å². The molecule has 0 aromatic heterocycles. The number of halogens is 2. The summed E-state index contributed by atoms with van der Waals surface area (Å²) in [5, 5.41) is 12.9. The average molecular weight is 600 g/mol. The second-order valence-corrected chi connectivity index (χ2v) is 11.3. The summed E-state index contributed by atoms with van der Waals surface area (Å²) < 4.78 is 60.4. The second-order valence-electron chi connectivity index (χ2n) is 9.90. The molecule has 0 radical (unpaired) electrons. The van der Waals surface area contributed by atoms with Gasteiger partial charge in [-0.2, -0.15) is 4.21 Å². The predicted octanol–water partition coefficient (Wildman–Crippen LogP) is 6.97. The lowest BCUT2D eigenvalue weighted by molar-refractivity contribution is 0.183. The highest BCUT2D eigenvalue weighted by Gasteiger charge is 2.23. The van der Waals surface area contributed by atoms with Gasteiger partial charge in [0.25, 0.3) is 0 Å².